The summed E-state index contributed by atoms with van der Waals surface area (Å²) < 4.78 is 67.6. The smallest absolute Gasteiger partial charge is 1.00 e. The van der Waals surface area contributed by atoms with E-state index < -0.39 is 20.2 Å². The molecular weight excluding hydrogens is 519 g/mol. The Hall–Kier alpha value is -2.82. The van der Waals surface area contributed by atoms with Crippen LogP contribution < -0.4 is 29.6 Å². The fourth-order valence-electron chi connectivity index (χ4n) is 3.67. The van der Waals surface area contributed by atoms with E-state index >= 15 is 0 Å². The minimum absolute atomic E-state index is 0. The molecule has 37 heavy (non-hydrogen) atoms. The van der Waals surface area contributed by atoms with Crippen molar-refractivity contribution in [3.63, 3.8) is 0 Å². The molecule has 0 spiro atoms. The molecule has 0 fully saturated rings. The van der Waals surface area contributed by atoms with Crippen LogP contribution >= 0.6 is 0 Å². The second kappa shape index (κ2) is 12.1. The van der Waals surface area contributed by atoms with E-state index in [0.29, 0.717) is 22.3 Å². The largest absolute Gasteiger partial charge is 1.00 e. The maximum absolute atomic E-state index is 12.0. The molecule has 0 aliphatic heterocycles. The molecule has 0 atom stereocenters. The summed E-state index contributed by atoms with van der Waals surface area (Å²) in [5, 5.41) is 0. The van der Waals surface area contributed by atoms with Crippen LogP contribution in [-0.4, -0.2) is 25.9 Å². The van der Waals surface area contributed by atoms with Crippen LogP contribution in [0.25, 0.3) is 33.1 Å². The summed E-state index contributed by atoms with van der Waals surface area (Å²) in [6.07, 6.45) is 2.80. The topological polar surface area (TPSA) is 109 Å². The van der Waals surface area contributed by atoms with Gasteiger partial charge in [-0.15, -0.1) is 0 Å². The minimum Gasteiger partial charge on any atom is -1.00 e. The molecule has 9 heteroatoms. The molecule has 6 nitrogen and oxygen atoms in total. The molecule has 0 aliphatic carbocycles. The van der Waals surface area contributed by atoms with E-state index in [1.807, 2.05) is 0 Å². The monoisotopic (exact) mass is 542 g/mol. The zero-order valence-electron chi connectivity index (χ0n) is 20.9. The predicted molar refractivity (Wildman–Crippen MR) is 145 cm³/mol. The van der Waals surface area contributed by atoms with Gasteiger partial charge in [-0.05, 0) is 45.5 Å². The van der Waals surface area contributed by atoms with Crippen molar-refractivity contribution >= 4 is 42.2 Å². The van der Waals surface area contributed by atoms with Crippen LogP contribution in [0.5, 0.6) is 0 Å². The SMILES string of the molecule is O=S(=O)(O)C(=Cc1ccccc1)c1ccc(-c2ccc(C(=Cc3ccccc3)S(=O)(=O)O)cc2)cc1.[H-].[Na+]. The average molecular weight is 543 g/mol. The molecule has 184 valence electrons. The molecule has 4 aromatic carbocycles. The molecule has 0 saturated heterocycles. The molecule has 0 aromatic heterocycles. The summed E-state index contributed by atoms with van der Waals surface area (Å²) in [5.74, 6) is 0. The second-order valence-corrected chi connectivity index (χ2v) is 10.7. The first kappa shape index (κ1) is 28.7. The van der Waals surface area contributed by atoms with Crippen molar-refractivity contribution < 1.29 is 56.9 Å². The first-order valence-electron chi connectivity index (χ1n) is 10.8. The number of hydrogen-bond donors (Lipinski definition) is 2. The van der Waals surface area contributed by atoms with Gasteiger partial charge in [0.15, 0.2) is 0 Å². The molecule has 0 saturated carbocycles. The van der Waals surface area contributed by atoms with Crippen molar-refractivity contribution in [2.45, 2.75) is 0 Å². The Morgan fingerprint density at radius 3 is 1.08 bits per heavy atom. The van der Waals surface area contributed by atoms with E-state index in [1.54, 1.807) is 109 Å². The van der Waals surface area contributed by atoms with Gasteiger partial charge in [0.1, 0.15) is 9.81 Å². The van der Waals surface area contributed by atoms with Gasteiger partial charge < -0.3 is 1.43 Å². The predicted octanol–water partition coefficient (Wildman–Crippen LogP) is 3.24. The van der Waals surface area contributed by atoms with E-state index in [4.69, 9.17) is 0 Å². The molecular formula is C28H23NaO6S2. The van der Waals surface area contributed by atoms with E-state index in [0.717, 1.165) is 11.1 Å². The maximum Gasteiger partial charge on any atom is 1.00 e. The van der Waals surface area contributed by atoms with E-state index in [-0.39, 0.29) is 40.8 Å². The summed E-state index contributed by atoms with van der Waals surface area (Å²) >= 11 is 0. The maximum atomic E-state index is 12.0. The summed E-state index contributed by atoms with van der Waals surface area (Å²) in [6.45, 7) is 0. The van der Waals surface area contributed by atoms with E-state index in [2.05, 4.69) is 0 Å². The fourth-order valence-corrected chi connectivity index (χ4v) is 5.11. The van der Waals surface area contributed by atoms with Crippen molar-refractivity contribution in [3.05, 3.63) is 131 Å². The molecule has 0 unspecified atom stereocenters. The molecule has 0 amide bonds. The first-order valence-corrected chi connectivity index (χ1v) is 13.7. The number of rotatable bonds is 7. The third kappa shape index (κ3) is 7.59. The van der Waals surface area contributed by atoms with Crippen LogP contribution in [0.1, 0.15) is 23.7 Å². The minimum atomic E-state index is -4.47. The van der Waals surface area contributed by atoms with Gasteiger partial charge in [-0.2, -0.15) is 16.8 Å². The van der Waals surface area contributed by atoms with Crippen LogP contribution in [0.4, 0.5) is 0 Å². The summed E-state index contributed by atoms with van der Waals surface area (Å²) in [5.41, 5.74) is 3.40. The Labute approximate surface area is 240 Å². The van der Waals surface area contributed by atoms with Crippen LogP contribution in [-0.2, 0) is 20.2 Å². The zero-order valence-corrected chi connectivity index (χ0v) is 23.5. The number of benzene rings is 4. The van der Waals surface area contributed by atoms with E-state index in [9.17, 15) is 25.9 Å². The van der Waals surface area contributed by atoms with Crippen LogP contribution in [0.15, 0.2) is 109 Å². The Bertz CT molecular complexity index is 1510. The summed E-state index contributed by atoms with van der Waals surface area (Å²) in [7, 11) is -8.95. The Balaban J connectivity index is 0.00000253. The van der Waals surface area contributed by atoms with Gasteiger partial charge in [-0.25, -0.2) is 0 Å². The van der Waals surface area contributed by atoms with Crippen LogP contribution in [0.3, 0.4) is 0 Å². The quantitative estimate of drug-likeness (QED) is 0.211. The molecule has 0 bridgehead atoms. The van der Waals surface area contributed by atoms with Gasteiger partial charge in [0.2, 0.25) is 0 Å². The van der Waals surface area contributed by atoms with E-state index in [1.165, 1.54) is 12.2 Å². The Morgan fingerprint density at radius 1 is 0.514 bits per heavy atom. The van der Waals surface area contributed by atoms with Gasteiger partial charge >= 0.3 is 29.6 Å². The molecule has 0 radical (unpaired) electrons. The van der Waals surface area contributed by atoms with Crippen LogP contribution in [0.2, 0.25) is 0 Å². The normalized spacial score (nSPS) is 12.6. The fraction of sp³-hybridized carbons (Fsp3) is 0. The molecule has 2 N–H and O–H groups in total. The molecule has 4 aromatic rings. The third-order valence-electron chi connectivity index (χ3n) is 5.42. The standard InChI is InChI=1S/C28H22O6S2.Na.H/c29-35(30,31)27(19-21-7-3-1-4-8-21)25-15-11-23(12-16-25)24-13-17-26(18-14-24)28(36(32,33)34)20-22-9-5-2-6-10-22;;/h1-20H,(H,29,30,31)(H,32,33,34);;/q;+1;-1. The van der Waals surface area contributed by atoms with Crippen molar-refractivity contribution in [1.29, 1.82) is 0 Å². The van der Waals surface area contributed by atoms with Crippen LogP contribution in [0, 0.1) is 0 Å². The zero-order chi connectivity index (χ0) is 25.8. The Kier molecular flexibility index (Phi) is 9.44. The molecule has 0 aliphatic rings. The first-order chi connectivity index (χ1) is 17.1. The molecule has 0 heterocycles. The van der Waals surface area contributed by atoms with Gasteiger partial charge in [0.05, 0.1) is 0 Å². The van der Waals surface area contributed by atoms with Crippen molar-refractivity contribution in [3.8, 4) is 11.1 Å². The van der Waals surface area contributed by atoms with Gasteiger partial charge in [-0.3, -0.25) is 9.11 Å². The summed E-state index contributed by atoms with van der Waals surface area (Å²) in [6, 6.07) is 30.8. The molecule has 4 rings (SSSR count). The summed E-state index contributed by atoms with van der Waals surface area (Å²) in [4.78, 5) is -0.445. The number of hydrogen-bond acceptors (Lipinski definition) is 4. The third-order valence-corrected chi connectivity index (χ3v) is 7.24. The van der Waals surface area contributed by atoms with Crippen molar-refractivity contribution in [2.24, 2.45) is 0 Å². The van der Waals surface area contributed by atoms with Gasteiger partial charge in [0, 0.05) is 0 Å². The van der Waals surface area contributed by atoms with Crippen molar-refractivity contribution in [2.75, 3.05) is 0 Å². The second-order valence-electron chi connectivity index (χ2n) is 7.94. The average Bonchev–Trinajstić information content (AvgIpc) is 2.86. The Morgan fingerprint density at radius 2 is 0.811 bits per heavy atom. The van der Waals surface area contributed by atoms with Gasteiger partial charge in [0.25, 0.3) is 20.2 Å². The van der Waals surface area contributed by atoms with Gasteiger partial charge in [-0.1, -0.05) is 109 Å². The van der Waals surface area contributed by atoms with Crippen molar-refractivity contribution in [1.82, 2.24) is 0 Å².